The minimum atomic E-state index is 0.113. The highest BCUT2D eigenvalue weighted by molar-refractivity contribution is 6.32. The quantitative estimate of drug-likeness (QED) is 0.504. The third-order valence-electron chi connectivity index (χ3n) is 3.18. The number of rotatable bonds is 2. The van der Waals surface area contributed by atoms with Gasteiger partial charge in [0.05, 0.1) is 5.69 Å². The first-order valence-electron chi connectivity index (χ1n) is 7.66. The molecule has 3 heteroatoms. The average Bonchev–Trinajstić information content (AvgIpc) is 2.50. The Hall–Kier alpha value is -2.03. The van der Waals surface area contributed by atoms with E-state index >= 15 is 0 Å². The van der Waals surface area contributed by atoms with Crippen molar-refractivity contribution in [2.45, 2.75) is 40.0 Å². The van der Waals surface area contributed by atoms with E-state index in [9.17, 15) is 0 Å². The van der Waals surface area contributed by atoms with Crippen LogP contribution < -0.4 is 11.2 Å². The molecule has 0 aliphatic rings. The Labute approximate surface area is 135 Å². The molecule has 22 heavy (non-hydrogen) atoms. The molecule has 0 aromatic heterocycles. The number of hydrogen-bond donors (Lipinski definition) is 1. The van der Waals surface area contributed by atoms with Crippen LogP contribution in [0.25, 0.3) is 0 Å². The molecule has 2 aromatic rings. The molecule has 2 nitrogen and oxygen atoms in total. The van der Waals surface area contributed by atoms with E-state index in [4.69, 9.17) is 13.6 Å². The number of nitrogens with two attached hydrogens (primary N) is 1. The maximum absolute atomic E-state index is 5.91. The first-order valence-corrected chi connectivity index (χ1v) is 7.66. The summed E-state index contributed by atoms with van der Waals surface area (Å²) in [6, 6.07) is 13.6. The average molecular weight is 292 g/mol. The van der Waals surface area contributed by atoms with E-state index in [-0.39, 0.29) is 5.41 Å². The summed E-state index contributed by atoms with van der Waals surface area (Å²) in [5.41, 5.74) is 10.4. The lowest BCUT2D eigenvalue weighted by molar-refractivity contribution is 0.590. The van der Waals surface area contributed by atoms with E-state index < -0.39 is 0 Å². The molecule has 0 amide bonds. The zero-order valence-electron chi connectivity index (χ0n) is 14.2. The van der Waals surface area contributed by atoms with Crippen LogP contribution in [-0.2, 0) is 5.41 Å². The van der Waals surface area contributed by atoms with Crippen LogP contribution in [0.15, 0.2) is 47.5 Å². The molecule has 0 unspecified atom stereocenters. The molecule has 0 heterocycles. The summed E-state index contributed by atoms with van der Waals surface area (Å²) in [6.45, 7) is 10.6. The number of hydrogen-bond acceptors (Lipinski definition) is 2. The van der Waals surface area contributed by atoms with Gasteiger partial charge in [0.1, 0.15) is 7.85 Å². The molecule has 0 saturated heterocycles. The van der Waals surface area contributed by atoms with Gasteiger partial charge in [-0.15, -0.1) is 0 Å². The lowest BCUT2D eigenvalue weighted by Crippen LogP contribution is -2.10. The van der Waals surface area contributed by atoms with Gasteiger partial charge < -0.3 is 5.73 Å². The van der Waals surface area contributed by atoms with Gasteiger partial charge in [-0.3, -0.25) is 4.99 Å². The van der Waals surface area contributed by atoms with Crippen molar-refractivity contribution in [2.24, 2.45) is 4.99 Å². The largest absolute Gasteiger partial charge is 0.398 e. The van der Waals surface area contributed by atoms with Crippen molar-refractivity contribution in [2.75, 3.05) is 5.73 Å². The molecule has 0 saturated carbocycles. The zero-order chi connectivity index (χ0) is 16.8. The summed E-state index contributed by atoms with van der Waals surface area (Å²) in [5, 5.41) is 0. The van der Waals surface area contributed by atoms with Crippen molar-refractivity contribution < 1.29 is 0 Å². The van der Waals surface area contributed by atoms with Crippen LogP contribution in [0.3, 0.4) is 0 Å². The molecule has 0 aliphatic carbocycles. The third-order valence-corrected chi connectivity index (χ3v) is 3.18. The number of anilines is 1. The molecule has 0 aliphatic heterocycles. The van der Waals surface area contributed by atoms with Crippen molar-refractivity contribution in [3.8, 4) is 0 Å². The topological polar surface area (TPSA) is 38.4 Å². The molecule has 2 rings (SSSR count). The molecular formula is C19H25BN2. The SMILES string of the molecule is CC.[B]c1ccc(N)c(C=Nc2cccc(C(C)(C)C)c2)c1. The smallest absolute Gasteiger partial charge is 0.113 e. The molecule has 0 spiro atoms. The predicted molar refractivity (Wildman–Crippen MR) is 100.0 cm³/mol. The van der Waals surface area contributed by atoms with Crippen molar-refractivity contribution in [3.05, 3.63) is 53.6 Å². The summed E-state index contributed by atoms with van der Waals surface area (Å²) < 4.78 is 0. The third kappa shape index (κ3) is 5.07. The van der Waals surface area contributed by atoms with E-state index in [1.54, 1.807) is 18.3 Å². The molecule has 2 aromatic carbocycles. The van der Waals surface area contributed by atoms with Crippen LogP contribution in [0.5, 0.6) is 0 Å². The first-order chi connectivity index (χ1) is 10.4. The molecular weight excluding hydrogens is 267 g/mol. The molecule has 2 N–H and O–H groups in total. The van der Waals surface area contributed by atoms with E-state index in [0.29, 0.717) is 11.2 Å². The van der Waals surface area contributed by atoms with Crippen molar-refractivity contribution in [1.29, 1.82) is 0 Å². The molecule has 0 bridgehead atoms. The number of nitrogen functional groups attached to an aromatic ring is 1. The van der Waals surface area contributed by atoms with Gasteiger partial charge in [-0.2, -0.15) is 0 Å². The Balaban J connectivity index is 0.00000116. The van der Waals surface area contributed by atoms with E-state index in [1.807, 2.05) is 32.0 Å². The monoisotopic (exact) mass is 292 g/mol. The Morgan fingerprint density at radius 1 is 1.05 bits per heavy atom. The number of aliphatic imine (C=N–C) groups is 1. The van der Waals surface area contributed by atoms with E-state index in [0.717, 1.165) is 11.3 Å². The van der Waals surface area contributed by atoms with Crippen molar-refractivity contribution in [3.63, 3.8) is 0 Å². The fraction of sp³-hybridized carbons (Fsp3) is 0.316. The fourth-order valence-electron chi connectivity index (χ4n) is 1.90. The molecule has 114 valence electrons. The Bertz CT molecular complexity index is 640. The molecule has 0 atom stereocenters. The fourth-order valence-corrected chi connectivity index (χ4v) is 1.90. The van der Waals surface area contributed by atoms with E-state index in [2.05, 4.69) is 37.9 Å². The standard InChI is InChI=1S/C17H19BN2.C2H6/c1-17(2,3)13-5-4-6-15(10-13)20-11-12-9-14(18)7-8-16(12)19;1-2/h4-11H,19H2,1-3H3;1-2H3. The summed E-state index contributed by atoms with van der Waals surface area (Å²) in [5.74, 6) is 0. The van der Waals surface area contributed by atoms with Gasteiger partial charge in [-0.1, -0.05) is 64.3 Å². The highest BCUT2D eigenvalue weighted by Crippen LogP contribution is 2.25. The van der Waals surface area contributed by atoms with Crippen LogP contribution in [0.2, 0.25) is 0 Å². The van der Waals surface area contributed by atoms with Gasteiger partial charge in [0.25, 0.3) is 0 Å². The van der Waals surface area contributed by atoms with Crippen molar-refractivity contribution in [1.82, 2.24) is 0 Å². The molecule has 2 radical (unpaired) electrons. The van der Waals surface area contributed by atoms with Gasteiger partial charge in [-0.05, 0) is 29.2 Å². The second-order valence-electron chi connectivity index (χ2n) is 5.95. The summed E-state index contributed by atoms with van der Waals surface area (Å²) in [7, 11) is 5.76. The van der Waals surface area contributed by atoms with Crippen LogP contribution in [0, 0.1) is 0 Å². The minimum Gasteiger partial charge on any atom is -0.398 e. The highest BCUT2D eigenvalue weighted by Gasteiger charge is 2.13. The van der Waals surface area contributed by atoms with Crippen LogP contribution in [0.1, 0.15) is 45.7 Å². The maximum Gasteiger partial charge on any atom is 0.113 e. The van der Waals surface area contributed by atoms with Gasteiger partial charge in [0.15, 0.2) is 0 Å². The number of nitrogens with zero attached hydrogens (tertiary/aromatic N) is 1. The second-order valence-corrected chi connectivity index (χ2v) is 5.95. The van der Waals surface area contributed by atoms with Crippen molar-refractivity contribution >= 4 is 30.9 Å². The Morgan fingerprint density at radius 2 is 1.73 bits per heavy atom. The minimum absolute atomic E-state index is 0.113. The summed E-state index contributed by atoms with van der Waals surface area (Å²) >= 11 is 0. The van der Waals surface area contributed by atoms with Crippen LogP contribution in [-0.4, -0.2) is 14.1 Å². The van der Waals surface area contributed by atoms with Gasteiger partial charge >= 0.3 is 0 Å². The zero-order valence-corrected chi connectivity index (χ0v) is 14.2. The second kappa shape index (κ2) is 7.83. The van der Waals surface area contributed by atoms with Gasteiger partial charge in [-0.25, -0.2) is 0 Å². The molecule has 0 fully saturated rings. The Morgan fingerprint density at radius 3 is 2.36 bits per heavy atom. The highest BCUT2D eigenvalue weighted by atomic mass is 14.7. The number of benzene rings is 2. The van der Waals surface area contributed by atoms with Crippen LogP contribution in [0.4, 0.5) is 11.4 Å². The predicted octanol–water partition coefficient (Wildman–Crippen LogP) is 4.14. The van der Waals surface area contributed by atoms with Crippen LogP contribution >= 0.6 is 0 Å². The maximum atomic E-state index is 5.91. The lowest BCUT2D eigenvalue weighted by atomic mass is 9.87. The first kappa shape index (κ1) is 18.0. The normalized spacial score (nSPS) is 11.1. The van der Waals surface area contributed by atoms with Gasteiger partial charge in [0.2, 0.25) is 0 Å². The summed E-state index contributed by atoms with van der Waals surface area (Å²) in [4.78, 5) is 4.49. The lowest BCUT2D eigenvalue weighted by Gasteiger charge is -2.18. The summed E-state index contributed by atoms with van der Waals surface area (Å²) in [6.07, 6.45) is 1.76. The Kier molecular flexibility index (Phi) is 6.42. The van der Waals surface area contributed by atoms with E-state index in [1.165, 1.54) is 5.56 Å². The van der Waals surface area contributed by atoms with Gasteiger partial charge in [0, 0.05) is 17.5 Å².